The van der Waals surface area contributed by atoms with Crippen LogP contribution in [0.1, 0.15) is 29.1 Å². The van der Waals surface area contributed by atoms with Gasteiger partial charge < -0.3 is 14.5 Å². The first kappa shape index (κ1) is 18.6. The van der Waals surface area contributed by atoms with Gasteiger partial charge in [0.15, 0.2) is 6.61 Å². The summed E-state index contributed by atoms with van der Waals surface area (Å²) in [5.41, 5.74) is -0.640. The number of rotatable bonds is 6. The molecule has 0 spiro atoms. The number of carbonyl (C=O) groups is 2. The van der Waals surface area contributed by atoms with Gasteiger partial charge in [0.1, 0.15) is 11.6 Å². The van der Waals surface area contributed by atoms with E-state index in [2.05, 4.69) is 5.32 Å². The molecule has 1 amide bonds. The normalized spacial score (nSPS) is 12.4. The quantitative estimate of drug-likeness (QED) is 0.733. The lowest BCUT2D eigenvalue weighted by atomic mass is 10.2. The number of ether oxygens (including phenoxy) is 1. The SMILES string of the molecule is C[C@@H](NC(=O)COC(=O)c1cc(S(N)(=O)=O)ccc1F)c1ccco1. The molecule has 0 saturated carbocycles. The van der Waals surface area contributed by atoms with E-state index in [4.69, 9.17) is 14.3 Å². The van der Waals surface area contributed by atoms with E-state index < -0.39 is 50.8 Å². The molecule has 1 heterocycles. The van der Waals surface area contributed by atoms with Gasteiger partial charge in [-0.3, -0.25) is 4.79 Å². The second kappa shape index (κ2) is 7.45. The number of furan rings is 1. The number of sulfonamides is 1. The van der Waals surface area contributed by atoms with Crippen molar-refractivity contribution in [3.63, 3.8) is 0 Å². The molecule has 134 valence electrons. The number of amides is 1. The molecular formula is C15H15FN2O6S. The number of halogens is 1. The molecule has 2 rings (SSSR count). The fourth-order valence-corrected chi connectivity index (χ4v) is 2.48. The third-order valence-corrected chi connectivity index (χ3v) is 4.08. The number of nitrogens with one attached hydrogen (secondary N) is 1. The Hall–Kier alpha value is -2.72. The summed E-state index contributed by atoms with van der Waals surface area (Å²) in [5, 5.41) is 7.44. The van der Waals surface area contributed by atoms with Crippen molar-refractivity contribution < 1.29 is 31.6 Å². The average molecular weight is 370 g/mol. The molecule has 0 fully saturated rings. The Morgan fingerprint density at radius 2 is 2.08 bits per heavy atom. The Bertz CT molecular complexity index is 879. The van der Waals surface area contributed by atoms with Crippen LogP contribution in [0.5, 0.6) is 0 Å². The minimum atomic E-state index is -4.11. The molecule has 0 aliphatic rings. The molecule has 2 aromatic rings. The second-order valence-corrected chi connectivity index (χ2v) is 6.63. The average Bonchev–Trinajstić information content (AvgIpc) is 3.06. The highest BCUT2D eigenvalue weighted by Crippen LogP contribution is 2.15. The molecule has 0 bridgehead atoms. The molecule has 0 unspecified atom stereocenters. The second-order valence-electron chi connectivity index (χ2n) is 5.07. The van der Waals surface area contributed by atoms with Gasteiger partial charge in [-0.05, 0) is 37.3 Å². The zero-order chi connectivity index (χ0) is 18.6. The summed E-state index contributed by atoms with van der Waals surface area (Å²) in [7, 11) is -4.11. The molecule has 3 N–H and O–H groups in total. The summed E-state index contributed by atoms with van der Waals surface area (Å²) in [6, 6.07) is 5.29. The van der Waals surface area contributed by atoms with Crippen LogP contribution in [0.3, 0.4) is 0 Å². The van der Waals surface area contributed by atoms with Crippen LogP contribution in [0.2, 0.25) is 0 Å². The predicted molar refractivity (Wildman–Crippen MR) is 83.3 cm³/mol. The van der Waals surface area contributed by atoms with E-state index in [-0.39, 0.29) is 0 Å². The third-order valence-electron chi connectivity index (χ3n) is 3.17. The Balaban J connectivity index is 1.99. The number of esters is 1. The fraction of sp³-hybridized carbons (Fsp3) is 0.200. The van der Waals surface area contributed by atoms with E-state index in [1.807, 2.05) is 0 Å². The molecule has 0 saturated heterocycles. The molecule has 0 aliphatic carbocycles. The standard InChI is InChI=1S/C15H15FN2O6S/c1-9(13-3-2-6-23-13)18-14(19)8-24-15(20)11-7-10(25(17,21)22)4-5-12(11)16/h2-7,9H,8H2,1H3,(H,18,19)(H2,17,21,22)/t9-/m1/s1. The van der Waals surface area contributed by atoms with Gasteiger partial charge in [-0.15, -0.1) is 0 Å². The lowest BCUT2D eigenvalue weighted by molar-refractivity contribution is -0.125. The molecule has 1 aromatic heterocycles. The maximum Gasteiger partial charge on any atom is 0.341 e. The highest BCUT2D eigenvalue weighted by Gasteiger charge is 2.19. The number of primary sulfonamides is 1. The van der Waals surface area contributed by atoms with Crippen LogP contribution in [0.15, 0.2) is 45.9 Å². The minimum absolute atomic E-state index is 0.447. The van der Waals surface area contributed by atoms with Crippen LogP contribution in [0.4, 0.5) is 4.39 Å². The van der Waals surface area contributed by atoms with Crippen molar-refractivity contribution in [2.24, 2.45) is 5.14 Å². The summed E-state index contributed by atoms with van der Waals surface area (Å²) >= 11 is 0. The molecule has 0 aliphatic heterocycles. The Morgan fingerprint density at radius 3 is 2.68 bits per heavy atom. The van der Waals surface area contributed by atoms with Gasteiger partial charge in [0, 0.05) is 0 Å². The van der Waals surface area contributed by atoms with E-state index in [9.17, 15) is 22.4 Å². The van der Waals surface area contributed by atoms with Gasteiger partial charge >= 0.3 is 5.97 Å². The number of carbonyl (C=O) groups excluding carboxylic acids is 2. The van der Waals surface area contributed by atoms with Gasteiger partial charge in [0.25, 0.3) is 5.91 Å². The topological polar surface area (TPSA) is 129 Å². The number of hydrogen-bond donors (Lipinski definition) is 2. The van der Waals surface area contributed by atoms with Crippen molar-refractivity contribution in [1.29, 1.82) is 0 Å². The summed E-state index contributed by atoms with van der Waals surface area (Å²) in [5.74, 6) is -2.32. The number of nitrogens with two attached hydrogens (primary N) is 1. The molecule has 25 heavy (non-hydrogen) atoms. The monoisotopic (exact) mass is 370 g/mol. The zero-order valence-electron chi connectivity index (χ0n) is 13.1. The third kappa shape index (κ3) is 4.88. The fourth-order valence-electron chi connectivity index (χ4n) is 1.94. The largest absolute Gasteiger partial charge is 0.467 e. The van der Waals surface area contributed by atoms with Crippen molar-refractivity contribution in [3.8, 4) is 0 Å². The van der Waals surface area contributed by atoms with Crippen LogP contribution >= 0.6 is 0 Å². The molecule has 1 aromatic carbocycles. The highest BCUT2D eigenvalue weighted by molar-refractivity contribution is 7.89. The van der Waals surface area contributed by atoms with Crippen molar-refractivity contribution >= 4 is 21.9 Å². The van der Waals surface area contributed by atoms with Crippen LogP contribution in [-0.4, -0.2) is 26.9 Å². The van der Waals surface area contributed by atoms with E-state index in [0.29, 0.717) is 5.76 Å². The molecule has 8 nitrogen and oxygen atoms in total. The van der Waals surface area contributed by atoms with Crippen LogP contribution in [-0.2, 0) is 19.6 Å². The van der Waals surface area contributed by atoms with E-state index in [0.717, 1.165) is 18.2 Å². The Morgan fingerprint density at radius 1 is 1.36 bits per heavy atom. The molecule has 0 radical (unpaired) electrons. The number of benzene rings is 1. The van der Waals surface area contributed by atoms with Gasteiger partial charge in [-0.1, -0.05) is 0 Å². The maximum absolute atomic E-state index is 13.7. The predicted octanol–water partition coefficient (Wildman–Crippen LogP) is 1.10. The van der Waals surface area contributed by atoms with E-state index in [1.54, 1.807) is 19.1 Å². The van der Waals surface area contributed by atoms with Gasteiger partial charge in [0.05, 0.1) is 22.8 Å². The van der Waals surface area contributed by atoms with Crippen molar-refractivity contribution in [2.45, 2.75) is 17.9 Å². The number of hydrogen-bond acceptors (Lipinski definition) is 6. The lowest BCUT2D eigenvalue weighted by Gasteiger charge is -2.12. The van der Waals surface area contributed by atoms with Gasteiger partial charge in [-0.2, -0.15) is 0 Å². The zero-order valence-corrected chi connectivity index (χ0v) is 13.9. The highest BCUT2D eigenvalue weighted by atomic mass is 32.2. The summed E-state index contributed by atoms with van der Waals surface area (Å²) in [6.45, 7) is 0.983. The van der Waals surface area contributed by atoms with Gasteiger partial charge in [0.2, 0.25) is 10.0 Å². The summed E-state index contributed by atoms with van der Waals surface area (Å²) in [6.07, 6.45) is 1.44. The maximum atomic E-state index is 13.7. The smallest absolute Gasteiger partial charge is 0.341 e. The van der Waals surface area contributed by atoms with Crippen molar-refractivity contribution in [3.05, 3.63) is 53.7 Å². The molecular weight excluding hydrogens is 355 g/mol. The van der Waals surface area contributed by atoms with E-state index >= 15 is 0 Å². The van der Waals surface area contributed by atoms with Gasteiger partial charge in [-0.25, -0.2) is 22.7 Å². The van der Waals surface area contributed by atoms with Crippen LogP contribution < -0.4 is 10.5 Å². The van der Waals surface area contributed by atoms with Crippen LogP contribution in [0, 0.1) is 5.82 Å². The van der Waals surface area contributed by atoms with Crippen molar-refractivity contribution in [2.75, 3.05) is 6.61 Å². The molecule has 1 atom stereocenters. The molecule has 10 heteroatoms. The first-order valence-electron chi connectivity index (χ1n) is 7.00. The van der Waals surface area contributed by atoms with Crippen molar-refractivity contribution in [1.82, 2.24) is 5.32 Å². The minimum Gasteiger partial charge on any atom is -0.467 e. The lowest BCUT2D eigenvalue weighted by Crippen LogP contribution is -2.31. The summed E-state index contributed by atoms with van der Waals surface area (Å²) < 4.78 is 46.0. The first-order valence-corrected chi connectivity index (χ1v) is 8.55. The summed E-state index contributed by atoms with van der Waals surface area (Å²) in [4.78, 5) is 23.2. The Labute approximate surface area is 142 Å². The Kier molecular flexibility index (Phi) is 5.55. The van der Waals surface area contributed by atoms with E-state index in [1.165, 1.54) is 6.26 Å². The first-order chi connectivity index (χ1) is 11.7. The van der Waals surface area contributed by atoms with Crippen LogP contribution in [0.25, 0.3) is 0 Å².